The summed E-state index contributed by atoms with van der Waals surface area (Å²) >= 11 is 0. The number of carbonyl (C=O) groups excluding carboxylic acids is 1. The second-order valence-electron chi connectivity index (χ2n) is 19.0. The predicted molar refractivity (Wildman–Crippen MR) is 227 cm³/mol. The summed E-state index contributed by atoms with van der Waals surface area (Å²) in [4.78, 5) is 14.3. The molecule has 0 saturated carbocycles. The quantitative estimate of drug-likeness (QED) is 0.210. The highest BCUT2D eigenvalue weighted by Crippen LogP contribution is 2.47. The highest BCUT2D eigenvalue weighted by Gasteiger charge is 2.60. The van der Waals surface area contributed by atoms with Crippen LogP contribution in [0.5, 0.6) is 0 Å². The minimum absolute atomic E-state index is 0.0317. The fourth-order valence-corrected chi connectivity index (χ4v) is 10.6. The number of aliphatic hydroxyl groups excluding tert-OH is 2. The molecule has 348 valence electrons. The molecular weight excluding hydrogens is 801 g/mol. The van der Waals surface area contributed by atoms with Crippen LogP contribution in [-0.4, -0.2) is 139 Å². The van der Waals surface area contributed by atoms with E-state index in [-0.39, 0.29) is 42.7 Å². The number of allylic oxidation sites excluding steroid dienone is 2. The molecule has 0 aromatic carbocycles. The van der Waals surface area contributed by atoms with E-state index in [2.05, 4.69) is 39.8 Å². The lowest BCUT2D eigenvalue weighted by molar-refractivity contribution is -0.318. The Bertz CT molecular complexity index is 1730. The molecule has 62 heavy (non-hydrogen) atoms. The van der Waals surface area contributed by atoms with Crippen LogP contribution in [0.4, 0.5) is 0 Å². The number of hydrogen-bond donors (Lipinski definition) is 3. The van der Waals surface area contributed by atoms with E-state index in [1.54, 1.807) is 40.2 Å². The van der Waals surface area contributed by atoms with Gasteiger partial charge in [-0.1, -0.05) is 70.6 Å². The van der Waals surface area contributed by atoms with Crippen LogP contribution >= 0.6 is 0 Å². The summed E-state index contributed by atoms with van der Waals surface area (Å²) in [6.07, 6.45) is 8.55. The van der Waals surface area contributed by atoms with Crippen molar-refractivity contribution < 1.29 is 67.5 Å². The fraction of sp³-hybridized carbons (Fsp3) is 0.771. The molecule has 3 N–H and O–H groups in total. The summed E-state index contributed by atoms with van der Waals surface area (Å²) in [5, 5.41) is 34.2. The Morgan fingerprint density at radius 3 is 2.32 bits per heavy atom. The standard InChI is InChI=1S/C48H72O14/c1-11-25(2)43-28(5)17-18-47(62-43)23-34-20-33(61-47)16-15-27(4)42(26(3)13-12-14-32-24-55-45-40(49)29(6)19-35(46(51)58-34)48(32,45)52)59-39-22-37(54-10)44(31(8)57-39)60-38-21-36(53-9)41(50)30(7)56-38/h12-15,17-19,25-26,28,30-31,33-45,49-50,52H,11,16,20-24H2,1-10H3/b13-12?,27-15+,32-14?/t25-,26-,28-,30-,31-,33+,34-,35-,36-,37-,38-,39-,40+,41-,42-,43+,44-,45+,47+,48+/m0/s1. The Morgan fingerprint density at radius 2 is 1.60 bits per heavy atom. The van der Waals surface area contributed by atoms with Gasteiger partial charge in [0.25, 0.3) is 0 Å². The highest BCUT2D eigenvalue weighted by atomic mass is 16.7. The van der Waals surface area contributed by atoms with Gasteiger partial charge in [0.1, 0.15) is 42.0 Å². The number of hydrogen-bond acceptors (Lipinski definition) is 14. The molecule has 14 nitrogen and oxygen atoms in total. The zero-order valence-electron chi connectivity index (χ0n) is 38.2. The van der Waals surface area contributed by atoms with Crippen LogP contribution in [0.2, 0.25) is 0 Å². The molecule has 4 saturated heterocycles. The highest BCUT2D eigenvalue weighted by molar-refractivity contribution is 5.78. The van der Waals surface area contributed by atoms with E-state index in [1.807, 2.05) is 32.1 Å². The lowest BCUT2D eigenvalue weighted by atomic mass is 9.71. The Balaban J connectivity index is 1.18. The monoisotopic (exact) mass is 872 g/mol. The molecule has 0 radical (unpaired) electrons. The first-order chi connectivity index (χ1) is 29.5. The Kier molecular flexibility index (Phi) is 15.1. The van der Waals surface area contributed by atoms with Crippen LogP contribution in [0.15, 0.2) is 59.3 Å². The van der Waals surface area contributed by atoms with Gasteiger partial charge in [-0.2, -0.15) is 0 Å². The van der Waals surface area contributed by atoms with Crippen LogP contribution in [0.1, 0.15) is 93.9 Å². The van der Waals surface area contributed by atoms with E-state index in [1.165, 1.54) is 0 Å². The summed E-state index contributed by atoms with van der Waals surface area (Å²) in [6.45, 7) is 16.1. The molecule has 6 aliphatic heterocycles. The topological polar surface area (TPSA) is 170 Å². The lowest BCUT2D eigenvalue weighted by Gasteiger charge is -2.48. The van der Waals surface area contributed by atoms with Crippen LogP contribution in [0.3, 0.4) is 0 Å². The van der Waals surface area contributed by atoms with Gasteiger partial charge >= 0.3 is 5.97 Å². The third kappa shape index (κ3) is 9.64. The van der Waals surface area contributed by atoms with Gasteiger partial charge in [-0.15, -0.1) is 0 Å². The van der Waals surface area contributed by atoms with Gasteiger partial charge in [-0.25, -0.2) is 0 Å². The summed E-state index contributed by atoms with van der Waals surface area (Å²) in [7, 11) is 3.22. The van der Waals surface area contributed by atoms with Crippen LogP contribution in [0, 0.1) is 23.7 Å². The molecule has 0 aromatic rings. The van der Waals surface area contributed by atoms with E-state index in [9.17, 15) is 20.1 Å². The molecular formula is C48H72O14. The zero-order valence-corrected chi connectivity index (χ0v) is 38.2. The number of ether oxygens (including phenoxy) is 10. The van der Waals surface area contributed by atoms with Gasteiger partial charge in [0.15, 0.2) is 18.4 Å². The zero-order chi connectivity index (χ0) is 44.7. The molecule has 7 aliphatic rings. The second kappa shape index (κ2) is 19.7. The third-order valence-electron chi connectivity index (χ3n) is 14.5. The summed E-state index contributed by atoms with van der Waals surface area (Å²) in [6, 6.07) is 0. The number of fused-ring (bicyclic) bond motifs is 2. The van der Waals surface area contributed by atoms with Crippen molar-refractivity contribution in [3.63, 3.8) is 0 Å². The first kappa shape index (κ1) is 47.6. The van der Waals surface area contributed by atoms with Crippen molar-refractivity contribution in [1.29, 1.82) is 0 Å². The fourth-order valence-electron chi connectivity index (χ4n) is 10.6. The maximum atomic E-state index is 14.3. The molecule has 0 amide bonds. The average Bonchev–Trinajstić information content (AvgIpc) is 3.58. The molecule has 7 rings (SSSR count). The van der Waals surface area contributed by atoms with Crippen molar-refractivity contribution in [2.24, 2.45) is 23.7 Å². The number of carbonyl (C=O) groups is 1. The Morgan fingerprint density at radius 1 is 0.887 bits per heavy atom. The predicted octanol–water partition coefficient (Wildman–Crippen LogP) is 5.38. The van der Waals surface area contributed by atoms with Gasteiger partial charge in [-0.05, 0) is 62.8 Å². The van der Waals surface area contributed by atoms with Crippen LogP contribution in [-0.2, 0) is 52.2 Å². The van der Waals surface area contributed by atoms with Crippen molar-refractivity contribution in [2.75, 3.05) is 20.8 Å². The second-order valence-corrected chi connectivity index (χ2v) is 19.0. The van der Waals surface area contributed by atoms with Gasteiger partial charge in [0.05, 0.1) is 49.3 Å². The van der Waals surface area contributed by atoms with Crippen molar-refractivity contribution in [3.05, 3.63) is 59.3 Å². The van der Waals surface area contributed by atoms with E-state index in [0.29, 0.717) is 43.3 Å². The summed E-state index contributed by atoms with van der Waals surface area (Å²) in [5.74, 6) is -2.56. The number of methoxy groups -OCH3 is 2. The van der Waals surface area contributed by atoms with E-state index in [0.717, 1.165) is 12.0 Å². The van der Waals surface area contributed by atoms with E-state index >= 15 is 0 Å². The minimum atomic E-state index is -1.84. The summed E-state index contributed by atoms with van der Waals surface area (Å²) in [5.41, 5.74) is 0.134. The molecule has 2 bridgehead atoms. The van der Waals surface area contributed by atoms with Gasteiger partial charge in [0, 0.05) is 51.7 Å². The van der Waals surface area contributed by atoms with E-state index in [4.69, 9.17) is 47.4 Å². The molecule has 14 heteroatoms. The van der Waals surface area contributed by atoms with Crippen molar-refractivity contribution >= 4 is 5.97 Å². The largest absolute Gasteiger partial charge is 0.462 e. The average molecular weight is 873 g/mol. The van der Waals surface area contributed by atoms with Gasteiger partial charge < -0.3 is 62.7 Å². The molecule has 20 atom stereocenters. The normalized spacial score (nSPS) is 47.8. The van der Waals surface area contributed by atoms with Crippen molar-refractivity contribution in [1.82, 2.24) is 0 Å². The summed E-state index contributed by atoms with van der Waals surface area (Å²) < 4.78 is 63.7. The molecule has 4 fully saturated rings. The maximum absolute atomic E-state index is 14.3. The van der Waals surface area contributed by atoms with Crippen LogP contribution in [0.25, 0.3) is 0 Å². The van der Waals surface area contributed by atoms with Gasteiger partial charge in [-0.3, -0.25) is 4.79 Å². The molecule has 1 spiro atoms. The van der Waals surface area contributed by atoms with Crippen LogP contribution < -0.4 is 0 Å². The van der Waals surface area contributed by atoms with Crippen molar-refractivity contribution in [2.45, 2.75) is 191 Å². The Labute approximate surface area is 367 Å². The lowest BCUT2D eigenvalue weighted by Crippen LogP contribution is -2.58. The first-order valence-electron chi connectivity index (χ1n) is 22.9. The third-order valence-corrected chi connectivity index (χ3v) is 14.5. The van der Waals surface area contributed by atoms with Crippen molar-refractivity contribution in [3.8, 4) is 0 Å². The molecule has 1 aliphatic carbocycles. The number of rotatable bonds is 8. The SMILES string of the molecule is CC[C@H](C)[C@H]1O[C@]2(C=C[C@@H]1C)C[C@@H]1C[C@@H](C/C=C(\C)[C@@H](O[C@H]3C[C@H](OC)[C@@H](O[C@H]4C[C@H](OC)[C@@H](O)[C@H](C)O4)[C@H](C)O3)[C@@H](C)C=CC=C3CO[C@@H]4[C@H](O)C(C)=C[C@@H](C(=O)O1)[C@]34O)O2. The van der Waals surface area contributed by atoms with Gasteiger partial charge in [0.2, 0.25) is 0 Å². The minimum Gasteiger partial charge on any atom is -0.462 e. The number of esters is 1. The smallest absolute Gasteiger partial charge is 0.316 e. The first-order valence-corrected chi connectivity index (χ1v) is 22.9. The molecule has 0 unspecified atom stereocenters. The maximum Gasteiger partial charge on any atom is 0.316 e. The molecule has 6 heterocycles. The Hall–Kier alpha value is -2.31. The number of aliphatic hydroxyl groups is 3. The van der Waals surface area contributed by atoms with E-state index < -0.39 is 90.8 Å². The molecule has 0 aromatic heterocycles.